The van der Waals surface area contributed by atoms with Gasteiger partial charge in [0, 0.05) is 18.8 Å². The van der Waals surface area contributed by atoms with Crippen molar-refractivity contribution in [3.8, 4) is 5.75 Å². The SMILES string of the molecule is Cc1cccc(NC(=O)CN(C)S(=O)(=O)c2cc3c(cc2C)NC(=O)C(C)O3)c1. The molecule has 154 valence electrons. The largest absolute Gasteiger partial charge is 0.479 e. The van der Waals surface area contributed by atoms with Crippen molar-refractivity contribution in [1.82, 2.24) is 4.31 Å². The van der Waals surface area contributed by atoms with Crippen molar-refractivity contribution in [2.45, 2.75) is 31.8 Å². The molecule has 8 nitrogen and oxygen atoms in total. The predicted octanol–water partition coefficient (Wildman–Crippen LogP) is 2.28. The molecule has 1 aliphatic rings. The third-order valence-corrected chi connectivity index (χ3v) is 6.51. The molecule has 1 aliphatic heterocycles. The molecule has 29 heavy (non-hydrogen) atoms. The average molecular weight is 417 g/mol. The van der Waals surface area contributed by atoms with E-state index in [9.17, 15) is 18.0 Å². The van der Waals surface area contributed by atoms with Gasteiger partial charge in [0.1, 0.15) is 5.75 Å². The molecule has 2 amide bonds. The second-order valence-corrected chi connectivity index (χ2v) is 9.06. The minimum Gasteiger partial charge on any atom is -0.479 e. The maximum absolute atomic E-state index is 13.0. The topological polar surface area (TPSA) is 105 Å². The van der Waals surface area contributed by atoms with Crippen LogP contribution < -0.4 is 15.4 Å². The lowest BCUT2D eigenvalue weighted by atomic mass is 10.1. The van der Waals surface area contributed by atoms with E-state index < -0.39 is 22.0 Å². The first-order valence-corrected chi connectivity index (χ1v) is 10.5. The lowest BCUT2D eigenvalue weighted by molar-refractivity contribution is -0.122. The third kappa shape index (κ3) is 4.41. The fourth-order valence-electron chi connectivity index (χ4n) is 3.00. The van der Waals surface area contributed by atoms with Crippen molar-refractivity contribution in [2.75, 3.05) is 24.2 Å². The Balaban J connectivity index is 1.80. The number of likely N-dealkylation sites (N-methyl/N-ethyl adjacent to an activating group) is 1. The van der Waals surface area contributed by atoms with E-state index in [4.69, 9.17) is 4.74 Å². The number of hydrogen-bond donors (Lipinski definition) is 2. The first kappa shape index (κ1) is 20.8. The van der Waals surface area contributed by atoms with Crippen LogP contribution in [0.3, 0.4) is 0 Å². The van der Waals surface area contributed by atoms with Crippen molar-refractivity contribution in [2.24, 2.45) is 0 Å². The first-order valence-electron chi connectivity index (χ1n) is 9.03. The molecule has 0 saturated heterocycles. The minimum atomic E-state index is -3.95. The summed E-state index contributed by atoms with van der Waals surface area (Å²) in [6.07, 6.45) is -0.724. The minimum absolute atomic E-state index is 0.0189. The van der Waals surface area contributed by atoms with Gasteiger partial charge in [-0.1, -0.05) is 12.1 Å². The molecule has 1 heterocycles. The number of nitrogens with zero attached hydrogens (tertiary/aromatic N) is 1. The third-order valence-electron chi connectivity index (χ3n) is 4.56. The van der Waals surface area contributed by atoms with Gasteiger partial charge in [-0.15, -0.1) is 0 Å². The Morgan fingerprint density at radius 3 is 2.66 bits per heavy atom. The van der Waals surface area contributed by atoms with E-state index >= 15 is 0 Å². The molecule has 0 aliphatic carbocycles. The molecule has 0 spiro atoms. The highest BCUT2D eigenvalue weighted by atomic mass is 32.2. The molecule has 0 bridgehead atoms. The molecule has 0 fully saturated rings. The number of carbonyl (C=O) groups is 2. The van der Waals surface area contributed by atoms with Crippen LogP contribution in [0.5, 0.6) is 5.75 Å². The number of hydrogen-bond acceptors (Lipinski definition) is 5. The second kappa shape index (κ2) is 7.84. The highest BCUT2D eigenvalue weighted by molar-refractivity contribution is 7.89. The number of sulfonamides is 1. The zero-order valence-corrected chi connectivity index (χ0v) is 17.5. The number of fused-ring (bicyclic) bond motifs is 1. The summed E-state index contributed by atoms with van der Waals surface area (Å²) in [6.45, 7) is 4.75. The van der Waals surface area contributed by atoms with Crippen molar-refractivity contribution < 1.29 is 22.7 Å². The van der Waals surface area contributed by atoms with Crippen LogP contribution in [0.25, 0.3) is 0 Å². The standard InChI is InChI=1S/C20H23N3O5S/c1-12-6-5-7-15(8-12)21-19(24)11-23(4)29(26,27)18-10-17-16(9-13(18)2)22-20(25)14(3)28-17/h5-10,14H,11H2,1-4H3,(H,21,24)(H,22,25). The Labute approximate surface area is 169 Å². The number of benzene rings is 2. The van der Waals surface area contributed by atoms with Crippen LogP contribution in [-0.2, 0) is 19.6 Å². The summed E-state index contributed by atoms with van der Waals surface area (Å²) < 4.78 is 32.6. The Morgan fingerprint density at radius 2 is 1.97 bits per heavy atom. The molecule has 0 aromatic heterocycles. The molecule has 1 unspecified atom stereocenters. The number of anilines is 2. The summed E-state index contributed by atoms with van der Waals surface area (Å²) in [5.74, 6) is -0.467. The smallest absolute Gasteiger partial charge is 0.265 e. The normalized spacial score (nSPS) is 16.0. The Kier molecular flexibility index (Phi) is 5.63. The van der Waals surface area contributed by atoms with Gasteiger partial charge in [-0.25, -0.2) is 8.42 Å². The molecule has 3 rings (SSSR count). The quantitative estimate of drug-likeness (QED) is 0.777. The van der Waals surface area contributed by atoms with Crippen LogP contribution in [0.2, 0.25) is 0 Å². The zero-order valence-electron chi connectivity index (χ0n) is 16.6. The van der Waals surface area contributed by atoms with Crippen LogP contribution in [0.4, 0.5) is 11.4 Å². The summed E-state index contributed by atoms with van der Waals surface area (Å²) >= 11 is 0. The van der Waals surface area contributed by atoms with Crippen LogP contribution in [-0.4, -0.2) is 44.2 Å². The number of amides is 2. The molecular formula is C20H23N3O5S. The van der Waals surface area contributed by atoms with Gasteiger partial charge in [-0.3, -0.25) is 9.59 Å². The Bertz CT molecular complexity index is 1080. The molecule has 2 N–H and O–H groups in total. The van der Waals surface area contributed by atoms with Crippen molar-refractivity contribution in [3.63, 3.8) is 0 Å². The van der Waals surface area contributed by atoms with E-state index in [0.29, 0.717) is 16.9 Å². The fourth-order valence-corrected chi connectivity index (χ4v) is 4.34. The fraction of sp³-hybridized carbons (Fsp3) is 0.300. The summed E-state index contributed by atoms with van der Waals surface area (Å²) in [5.41, 5.74) is 2.44. The van der Waals surface area contributed by atoms with E-state index in [2.05, 4.69) is 10.6 Å². The maximum atomic E-state index is 13.0. The average Bonchev–Trinajstić information content (AvgIpc) is 2.62. The number of ether oxygens (including phenoxy) is 1. The number of carbonyl (C=O) groups excluding carboxylic acids is 2. The first-order chi connectivity index (χ1) is 13.6. The van der Waals surface area contributed by atoms with E-state index in [1.165, 1.54) is 13.1 Å². The van der Waals surface area contributed by atoms with Gasteiger partial charge < -0.3 is 15.4 Å². The highest BCUT2D eigenvalue weighted by Gasteiger charge is 2.30. The van der Waals surface area contributed by atoms with Crippen LogP contribution in [0, 0.1) is 13.8 Å². The Morgan fingerprint density at radius 1 is 1.24 bits per heavy atom. The number of nitrogens with one attached hydrogen (secondary N) is 2. The molecule has 9 heteroatoms. The second-order valence-electron chi connectivity index (χ2n) is 7.04. The van der Waals surface area contributed by atoms with Gasteiger partial charge in [0.2, 0.25) is 15.9 Å². The summed E-state index contributed by atoms with van der Waals surface area (Å²) in [6, 6.07) is 10.2. The van der Waals surface area contributed by atoms with Gasteiger partial charge >= 0.3 is 0 Å². The van der Waals surface area contributed by atoms with Crippen molar-refractivity contribution in [3.05, 3.63) is 47.5 Å². The van der Waals surface area contributed by atoms with Crippen LogP contribution in [0.15, 0.2) is 41.3 Å². The van der Waals surface area contributed by atoms with Gasteiger partial charge in [-0.05, 0) is 50.1 Å². The molecule has 2 aromatic carbocycles. The van der Waals surface area contributed by atoms with Gasteiger partial charge in [0.25, 0.3) is 5.91 Å². The van der Waals surface area contributed by atoms with Crippen molar-refractivity contribution in [1.29, 1.82) is 0 Å². The van der Waals surface area contributed by atoms with E-state index in [1.807, 2.05) is 19.1 Å². The van der Waals surface area contributed by atoms with Crippen LogP contribution >= 0.6 is 0 Å². The number of aryl methyl sites for hydroxylation is 2. The van der Waals surface area contributed by atoms with E-state index in [-0.39, 0.29) is 23.1 Å². The predicted molar refractivity (Wildman–Crippen MR) is 110 cm³/mol. The van der Waals surface area contributed by atoms with Gasteiger partial charge in [0.05, 0.1) is 17.1 Å². The summed E-state index contributed by atoms with van der Waals surface area (Å²) in [4.78, 5) is 24.1. The highest BCUT2D eigenvalue weighted by Crippen LogP contribution is 2.35. The Hall–Kier alpha value is -2.91. The molecule has 1 atom stereocenters. The summed E-state index contributed by atoms with van der Waals surface area (Å²) in [7, 11) is -2.61. The molecular weight excluding hydrogens is 394 g/mol. The van der Waals surface area contributed by atoms with Crippen LogP contribution in [0.1, 0.15) is 18.1 Å². The monoisotopic (exact) mass is 417 g/mol. The number of rotatable bonds is 5. The summed E-state index contributed by atoms with van der Waals surface area (Å²) in [5, 5.41) is 5.38. The molecule has 2 aromatic rings. The lowest BCUT2D eigenvalue weighted by Gasteiger charge is -2.25. The maximum Gasteiger partial charge on any atom is 0.265 e. The van der Waals surface area contributed by atoms with Crippen molar-refractivity contribution >= 4 is 33.2 Å². The molecule has 0 radical (unpaired) electrons. The zero-order chi connectivity index (χ0) is 21.3. The molecule has 0 saturated carbocycles. The van der Waals surface area contributed by atoms with E-state index in [1.54, 1.807) is 32.0 Å². The lowest BCUT2D eigenvalue weighted by Crippen LogP contribution is -2.36. The van der Waals surface area contributed by atoms with Gasteiger partial charge in [-0.2, -0.15) is 4.31 Å². The van der Waals surface area contributed by atoms with E-state index in [0.717, 1.165) is 9.87 Å². The van der Waals surface area contributed by atoms with Gasteiger partial charge in [0.15, 0.2) is 6.10 Å².